The molecule has 136 valence electrons. The minimum Gasteiger partial charge on any atom is -0.414 e. The van der Waals surface area contributed by atoms with Crippen LogP contribution in [0.5, 0.6) is 5.75 Å². The van der Waals surface area contributed by atoms with E-state index in [1.165, 1.54) is 4.68 Å². The normalized spacial score (nSPS) is 13.4. The molecule has 0 N–H and O–H groups in total. The summed E-state index contributed by atoms with van der Waals surface area (Å²) in [6, 6.07) is 13.4. The molecule has 0 unspecified atom stereocenters. The maximum Gasteiger partial charge on any atom is 0.362 e. The third-order valence-corrected chi connectivity index (χ3v) is 4.25. The Morgan fingerprint density at radius 2 is 1.93 bits per heavy atom. The highest BCUT2D eigenvalue weighted by molar-refractivity contribution is 5.90. The van der Waals surface area contributed by atoms with E-state index in [1.807, 2.05) is 6.07 Å². The first-order valence-corrected chi connectivity index (χ1v) is 8.34. The predicted molar refractivity (Wildman–Crippen MR) is 93.6 cm³/mol. The lowest BCUT2D eigenvalue weighted by Crippen LogP contribution is -2.15. The van der Waals surface area contributed by atoms with Crippen molar-refractivity contribution in [1.29, 1.82) is 0 Å². The fourth-order valence-corrected chi connectivity index (χ4v) is 2.76. The number of aromatic nitrogens is 2. The predicted octanol–water partition coefficient (Wildman–Crippen LogP) is 4.02. The van der Waals surface area contributed by atoms with Gasteiger partial charge < -0.3 is 4.74 Å². The number of esters is 1. The average molecular weight is 367 g/mol. The van der Waals surface area contributed by atoms with Gasteiger partial charge in [-0.1, -0.05) is 18.2 Å². The summed E-state index contributed by atoms with van der Waals surface area (Å²) in [6.45, 7) is 0. The number of benzene rings is 2. The second kappa shape index (κ2) is 6.64. The van der Waals surface area contributed by atoms with E-state index in [2.05, 4.69) is 5.10 Å². The number of hydrogen-bond acceptors (Lipinski definition) is 5. The molecule has 0 spiro atoms. The van der Waals surface area contributed by atoms with E-state index >= 15 is 0 Å². The van der Waals surface area contributed by atoms with Crippen LogP contribution in [0.4, 0.5) is 10.1 Å². The Morgan fingerprint density at radius 3 is 2.59 bits per heavy atom. The molecule has 1 aliphatic rings. The molecule has 8 heteroatoms. The fourth-order valence-electron chi connectivity index (χ4n) is 2.76. The second-order valence-electron chi connectivity index (χ2n) is 6.23. The van der Waals surface area contributed by atoms with Crippen molar-refractivity contribution >= 4 is 11.7 Å². The summed E-state index contributed by atoms with van der Waals surface area (Å²) < 4.78 is 20.1. The summed E-state index contributed by atoms with van der Waals surface area (Å²) in [5.74, 6) is -1.73. The highest BCUT2D eigenvalue weighted by Crippen LogP contribution is 2.40. The molecule has 1 heterocycles. The van der Waals surface area contributed by atoms with Gasteiger partial charge in [-0.3, -0.25) is 10.1 Å². The number of nitro groups is 1. The molecule has 2 aromatic carbocycles. The lowest BCUT2D eigenvalue weighted by molar-refractivity contribution is -0.385. The molecule has 7 nitrogen and oxygen atoms in total. The van der Waals surface area contributed by atoms with Gasteiger partial charge in [0, 0.05) is 18.1 Å². The molecule has 4 rings (SSSR count). The Hall–Kier alpha value is -3.55. The number of nitrogens with zero attached hydrogens (tertiary/aromatic N) is 3. The third-order valence-electron chi connectivity index (χ3n) is 4.25. The van der Waals surface area contributed by atoms with Crippen LogP contribution in [0.15, 0.2) is 54.6 Å². The highest BCUT2D eigenvalue weighted by atomic mass is 19.1. The molecule has 27 heavy (non-hydrogen) atoms. The zero-order valence-electron chi connectivity index (χ0n) is 14.0. The Balaban J connectivity index is 1.72. The van der Waals surface area contributed by atoms with E-state index in [4.69, 9.17) is 4.74 Å². The van der Waals surface area contributed by atoms with Crippen LogP contribution in [0, 0.1) is 15.9 Å². The van der Waals surface area contributed by atoms with Crippen molar-refractivity contribution in [2.24, 2.45) is 0 Å². The first kappa shape index (κ1) is 16.9. The van der Waals surface area contributed by atoms with E-state index in [0.29, 0.717) is 11.6 Å². The van der Waals surface area contributed by atoms with E-state index < -0.39 is 28.1 Å². The van der Waals surface area contributed by atoms with E-state index in [-0.39, 0.29) is 5.69 Å². The number of hydrogen-bond donors (Lipinski definition) is 0. The fraction of sp³-hybridized carbons (Fsp3) is 0.158. The van der Waals surface area contributed by atoms with Gasteiger partial charge in [0.05, 0.1) is 16.3 Å². The molecule has 0 atom stereocenters. The van der Waals surface area contributed by atoms with Crippen molar-refractivity contribution < 1.29 is 18.8 Å². The summed E-state index contributed by atoms with van der Waals surface area (Å²) in [5, 5.41) is 15.6. The maximum atomic E-state index is 13.5. The molecule has 1 fully saturated rings. The van der Waals surface area contributed by atoms with Gasteiger partial charge in [-0.05, 0) is 37.1 Å². The van der Waals surface area contributed by atoms with Gasteiger partial charge in [-0.2, -0.15) is 5.10 Å². The van der Waals surface area contributed by atoms with Gasteiger partial charge in [0.15, 0.2) is 5.69 Å². The molecule has 1 saturated carbocycles. The monoisotopic (exact) mass is 367 g/mol. The first-order valence-electron chi connectivity index (χ1n) is 8.34. The summed E-state index contributed by atoms with van der Waals surface area (Å²) in [5.41, 5.74) is 1.06. The van der Waals surface area contributed by atoms with Gasteiger partial charge in [0.2, 0.25) is 5.75 Å². The van der Waals surface area contributed by atoms with Gasteiger partial charge in [0.25, 0.3) is 0 Å². The Morgan fingerprint density at radius 1 is 1.19 bits per heavy atom. The molecule has 3 aromatic rings. The SMILES string of the molecule is O=C(Oc1cc(F)ccc1[N+](=O)[O-])c1cc(C2CC2)nn1-c1ccccc1. The summed E-state index contributed by atoms with van der Waals surface area (Å²) >= 11 is 0. The van der Waals surface area contributed by atoms with Crippen LogP contribution in [0.1, 0.15) is 34.9 Å². The van der Waals surface area contributed by atoms with E-state index in [1.54, 1.807) is 30.3 Å². The van der Waals surface area contributed by atoms with E-state index in [9.17, 15) is 19.3 Å². The number of halogens is 1. The number of rotatable bonds is 5. The molecule has 0 bridgehead atoms. The van der Waals surface area contributed by atoms with Gasteiger partial charge >= 0.3 is 11.7 Å². The Kier molecular flexibility index (Phi) is 4.15. The van der Waals surface area contributed by atoms with Crippen LogP contribution in [0.25, 0.3) is 5.69 Å². The molecule has 0 radical (unpaired) electrons. The van der Waals surface area contributed by atoms with Crippen LogP contribution >= 0.6 is 0 Å². The first-order chi connectivity index (χ1) is 13.0. The molecule has 0 aliphatic heterocycles. The molecule has 1 aliphatic carbocycles. The summed E-state index contributed by atoms with van der Waals surface area (Å²) in [6.07, 6.45) is 1.99. The number of carbonyl (C=O) groups excluding carboxylic acids is 1. The van der Waals surface area contributed by atoms with Crippen molar-refractivity contribution in [2.45, 2.75) is 18.8 Å². The van der Waals surface area contributed by atoms with Crippen LogP contribution in [-0.4, -0.2) is 20.7 Å². The standard InChI is InChI=1S/C19H14FN3O4/c20-13-8-9-16(23(25)26)18(10-13)27-19(24)17-11-15(12-6-7-12)21-22(17)14-4-2-1-3-5-14/h1-5,8-12H,6-7H2. The molecule has 0 saturated heterocycles. The minimum absolute atomic E-state index is 0.127. The number of carbonyl (C=O) groups is 1. The largest absolute Gasteiger partial charge is 0.414 e. The van der Waals surface area contributed by atoms with Gasteiger partial charge in [0.1, 0.15) is 5.82 Å². The smallest absolute Gasteiger partial charge is 0.362 e. The number of ether oxygens (including phenoxy) is 1. The maximum absolute atomic E-state index is 13.5. The topological polar surface area (TPSA) is 87.3 Å². The third kappa shape index (κ3) is 3.41. The second-order valence-corrected chi connectivity index (χ2v) is 6.23. The van der Waals surface area contributed by atoms with Gasteiger partial charge in [-0.25, -0.2) is 13.9 Å². The molecular weight excluding hydrogens is 353 g/mol. The summed E-state index contributed by atoms with van der Waals surface area (Å²) in [7, 11) is 0. The van der Waals surface area contributed by atoms with Crippen LogP contribution < -0.4 is 4.74 Å². The van der Waals surface area contributed by atoms with Crippen molar-refractivity contribution in [3.8, 4) is 11.4 Å². The highest BCUT2D eigenvalue weighted by Gasteiger charge is 2.30. The molecular formula is C19H14FN3O4. The molecule has 0 amide bonds. The van der Waals surface area contributed by atoms with Crippen molar-refractivity contribution in [3.05, 3.63) is 81.9 Å². The minimum atomic E-state index is -0.841. The Bertz CT molecular complexity index is 1030. The number of nitro benzene ring substituents is 1. The van der Waals surface area contributed by atoms with Crippen LogP contribution in [0.2, 0.25) is 0 Å². The molecule has 1 aromatic heterocycles. The number of para-hydroxylation sites is 1. The van der Waals surface area contributed by atoms with Crippen LogP contribution in [-0.2, 0) is 0 Å². The van der Waals surface area contributed by atoms with Crippen molar-refractivity contribution in [1.82, 2.24) is 9.78 Å². The quantitative estimate of drug-likeness (QED) is 0.294. The van der Waals surface area contributed by atoms with Crippen molar-refractivity contribution in [3.63, 3.8) is 0 Å². The zero-order valence-corrected chi connectivity index (χ0v) is 14.0. The van der Waals surface area contributed by atoms with E-state index in [0.717, 1.165) is 36.7 Å². The zero-order chi connectivity index (χ0) is 19.0. The average Bonchev–Trinajstić information content (AvgIpc) is 3.40. The van der Waals surface area contributed by atoms with Gasteiger partial charge in [-0.15, -0.1) is 0 Å². The summed E-state index contributed by atoms with van der Waals surface area (Å²) in [4.78, 5) is 23.1. The lowest BCUT2D eigenvalue weighted by Gasteiger charge is -2.08. The lowest BCUT2D eigenvalue weighted by atomic mass is 10.2. The van der Waals surface area contributed by atoms with Crippen LogP contribution in [0.3, 0.4) is 0 Å². The Labute approximate surface area is 153 Å². The van der Waals surface area contributed by atoms with Crippen molar-refractivity contribution in [2.75, 3.05) is 0 Å².